The first-order valence-corrected chi connectivity index (χ1v) is 9.93. The lowest BCUT2D eigenvalue weighted by Gasteiger charge is -2.32. The number of carbonyl (C=O) groups is 1. The Hall–Kier alpha value is -2.56. The standard InChI is InChI=1S/C22H29N3O2/c1-2-3-16-27-20-9-7-19(8-10-20)22(26)24-17-18-11-14-25(15-12-18)21-6-4-5-13-23-21/h4-10,13,18H,2-3,11-12,14-17H2,1H3,(H,24,26). The third-order valence-electron chi connectivity index (χ3n) is 5.02. The largest absolute Gasteiger partial charge is 0.494 e. The zero-order valence-electron chi connectivity index (χ0n) is 16.1. The normalized spacial score (nSPS) is 14.8. The lowest BCUT2D eigenvalue weighted by atomic mass is 9.96. The second-order valence-electron chi connectivity index (χ2n) is 7.05. The fraction of sp³-hybridized carbons (Fsp3) is 0.455. The number of hydrogen-bond acceptors (Lipinski definition) is 4. The zero-order valence-corrected chi connectivity index (χ0v) is 16.1. The molecule has 0 radical (unpaired) electrons. The highest BCUT2D eigenvalue weighted by Gasteiger charge is 2.20. The second-order valence-corrected chi connectivity index (χ2v) is 7.05. The van der Waals surface area contributed by atoms with Gasteiger partial charge in [0.25, 0.3) is 5.91 Å². The molecule has 1 aromatic heterocycles. The maximum Gasteiger partial charge on any atom is 0.251 e. The minimum Gasteiger partial charge on any atom is -0.494 e. The molecule has 1 N–H and O–H groups in total. The van der Waals surface area contributed by atoms with Crippen LogP contribution in [-0.4, -0.2) is 37.1 Å². The van der Waals surface area contributed by atoms with E-state index in [2.05, 4.69) is 28.2 Å². The van der Waals surface area contributed by atoms with Crippen LogP contribution in [0.25, 0.3) is 0 Å². The van der Waals surface area contributed by atoms with Gasteiger partial charge in [-0.15, -0.1) is 0 Å². The van der Waals surface area contributed by atoms with E-state index >= 15 is 0 Å². The van der Waals surface area contributed by atoms with Gasteiger partial charge in [-0.1, -0.05) is 19.4 Å². The number of rotatable bonds is 8. The van der Waals surface area contributed by atoms with Crippen molar-refractivity contribution in [3.63, 3.8) is 0 Å². The summed E-state index contributed by atoms with van der Waals surface area (Å²) < 4.78 is 5.64. The molecule has 5 nitrogen and oxygen atoms in total. The number of amides is 1. The molecule has 0 bridgehead atoms. The summed E-state index contributed by atoms with van der Waals surface area (Å²) in [4.78, 5) is 19.1. The van der Waals surface area contributed by atoms with E-state index in [0.717, 1.165) is 63.5 Å². The molecule has 2 aromatic rings. The van der Waals surface area contributed by atoms with Crippen molar-refractivity contribution >= 4 is 11.7 Å². The summed E-state index contributed by atoms with van der Waals surface area (Å²) in [6.45, 7) is 5.56. The SMILES string of the molecule is CCCCOc1ccc(C(=O)NCC2CCN(c3ccccn3)CC2)cc1. The molecule has 0 saturated carbocycles. The van der Waals surface area contributed by atoms with E-state index in [-0.39, 0.29) is 5.91 Å². The average molecular weight is 367 g/mol. The third kappa shape index (κ3) is 5.71. The maximum atomic E-state index is 12.4. The summed E-state index contributed by atoms with van der Waals surface area (Å²) in [6, 6.07) is 13.4. The maximum absolute atomic E-state index is 12.4. The number of anilines is 1. The van der Waals surface area contributed by atoms with Crippen LogP contribution in [0.2, 0.25) is 0 Å². The number of nitrogens with zero attached hydrogens (tertiary/aromatic N) is 2. The summed E-state index contributed by atoms with van der Waals surface area (Å²) in [5.74, 6) is 2.37. The number of hydrogen-bond donors (Lipinski definition) is 1. The van der Waals surface area contributed by atoms with Crippen LogP contribution in [0.5, 0.6) is 5.75 Å². The Morgan fingerprint density at radius 2 is 1.96 bits per heavy atom. The summed E-state index contributed by atoms with van der Waals surface area (Å²) in [6.07, 6.45) is 6.13. The van der Waals surface area contributed by atoms with Gasteiger partial charge in [0.05, 0.1) is 6.61 Å². The molecular weight excluding hydrogens is 338 g/mol. The molecule has 0 aliphatic carbocycles. The van der Waals surface area contributed by atoms with Gasteiger partial charge < -0.3 is 15.0 Å². The second kappa shape index (κ2) is 9.95. The van der Waals surface area contributed by atoms with Gasteiger partial charge in [-0.3, -0.25) is 4.79 Å². The molecule has 1 aromatic carbocycles. The number of benzene rings is 1. The van der Waals surface area contributed by atoms with Crippen molar-refractivity contribution in [1.82, 2.24) is 10.3 Å². The van der Waals surface area contributed by atoms with Crippen LogP contribution in [-0.2, 0) is 0 Å². The molecule has 0 spiro atoms. The molecule has 1 amide bonds. The fourth-order valence-electron chi connectivity index (χ4n) is 3.28. The summed E-state index contributed by atoms with van der Waals surface area (Å²) in [5, 5.41) is 3.08. The zero-order chi connectivity index (χ0) is 18.9. The van der Waals surface area contributed by atoms with Gasteiger partial charge in [-0.2, -0.15) is 0 Å². The van der Waals surface area contributed by atoms with Gasteiger partial charge in [0.2, 0.25) is 0 Å². The van der Waals surface area contributed by atoms with E-state index < -0.39 is 0 Å². The van der Waals surface area contributed by atoms with Crippen LogP contribution in [0.1, 0.15) is 43.0 Å². The quantitative estimate of drug-likeness (QED) is 0.719. The molecule has 3 rings (SSSR count). The minimum atomic E-state index is -0.0118. The summed E-state index contributed by atoms with van der Waals surface area (Å²) >= 11 is 0. The minimum absolute atomic E-state index is 0.0118. The molecule has 27 heavy (non-hydrogen) atoms. The fourth-order valence-corrected chi connectivity index (χ4v) is 3.28. The summed E-state index contributed by atoms with van der Waals surface area (Å²) in [5.41, 5.74) is 0.684. The third-order valence-corrected chi connectivity index (χ3v) is 5.02. The first-order chi connectivity index (χ1) is 13.3. The Bertz CT molecular complexity index is 695. The lowest BCUT2D eigenvalue weighted by molar-refractivity contribution is 0.0945. The van der Waals surface area contributed by atoms with Crippen LogP contribution in [0.4, 0.5) is 5.82 Å². The number of piperidine rings is 1. The molecule has 1 aliphatic heterocycles. The number of nitrogens with one attached hydrogen (secondary N) is 1. The summed E-state index contributed by atoms with van der Waals surface area (Å²) in [7, 11) is 0. The van der Waals surface area contributed by atoms with Crippen molar-refractivity contribution < 1.29 is 9.53 Å². The van der Waals surface area contributed by atoms with Crippen LogP contribution in [0, 0.1) is 5.92 Å². The van der Waals surface area contributed by atoms with Crippen LogP contribution in [0.15, 0.2) is 48.7 Å². The molecule has 0 atom stereocenters. The highest BCUT2D eigenvalue weighted by atomic mass is 16.5. The van der Waals surface area contributed by atoms with E-state index in [1.165, 1.54) is 0 Å². The number of carbonyl (C=O) groups excluding carboxylic acids is 1. The van der Waals surface area contributed by atoms with Crippen molar-refractivity contribution in [2.75, 3.05) is 31.1 Å². The smallest absolute Gasteiger partial charge is 0.251 e. The van der Waals surface area contributed by atoms with Gasteiger partial charge in [0, 0.05) is 31.4 Å². The molecule has 1 aliphatic rings. The van der Waals surface area contributed by atoms with E-state index in [0.29, 0.717) is 11.5 Å². The first kappa shape index (κ1) is 19.2. The average Bonchev–Trinajstić information content (AvgIpc) is 2.74. The van der Waals surface area contributed by atoms with Crippen molar-refractivity contribution in [3.05, 3.63) is 54.2 Å². The van der Waals surface area contributed by atoms with Gasteiger partial charge in [-0.05, 0) is 61.6 Å². The van der Waals surface area contributed by atoms with E-state index in [4.69, 9.17) is 4.74 Å². The van der Waals surface area contributed by atoms with Crippen LogP contribution in [0.3, 0.4) is 0 Å². The highest BCUT2D eigenvalue weighted by molar-refractivity contribution is 5.94. The van der Waals surface area contributed by atoms with E-state index in [1.54, 1.807) is 0 Å². The Balaban J connectivity index is 1.40. The number of pyridine rings is 1. The first-order valence-electron chi connectivity index (χ1n) is 9.93. The number of aromatic nitrogens is 1. The molecule has 1 saturated heterocycles. The molecule has 144 valence electrons. The number of ether oxygens (including phenoxy) is 1. The molecule has 0 unspecified atom stereocenters. The lowest BCUT2D eigenvalue weighted by Crippen LogP contribution is -2.39. The van der Waals surface area contributed by atoms with E-state index in [1.807, 2.05) is 42.6 Å². The monoisotopic (exact) mass is 367 g/mol. The molecule has 1 fully saturated rings. The highest BCUT2D eigenvalue weighted by Crippen LogP contribution is 2.21. The van der Waals surface area contributed by atoms with Gasteiger partial charge in [0.15, 0.2) is 0 Å². The van der Waals surface area contributed by atoms with Gasteiger partial charge in [-0.25, -0.2) is 4.98 Å². The molecule has 5 heteroatoms. The Kier molecular flexibility index (Phi) is 7.08. The van der Waals surface area contributed by atoms with Crippen LogP contribution < -0.4 is 15.0 Å². The van der Waals surface area contributed by atoms with Crippen molar-refractivity contribution in [3.8, 4) is 5.75 Å². The Labute approximate surface area is 161 Å². The Morgan fingerprint density at radius 1 is 1.19 bits per heavy atom. The predicted molar refractivity (Wildman–Crippen MR) is 108 cm³/mol. The topological polar surface area (TPSA) is 54.5 Å². The predicted octanol–water partition coefficient (Wildman–Crippen LogP) is 3.91. The van der Waals surface area contributed by atoms with Gasteiger partial charge >= 0.3 is 0 Å². The number of unbranched alkanes of at least 4 members (excludes halogenated alkanes) is 1. The van der Waals surface area contributed by atoms with Crippen molar-refractivity contribution in [2.45, 2.75) is 32.6 Å². The van der Waals surface area contributed by atoms with Crippen LogP contribution >= 0.6 is 0 Å². The van der Waals surface area contributed by atoms with E-state index in [9.17, 15) is 4.79 Å². The Morgan fingerprint density at radius 3 is 2.63 bits per heavy atom. The molecular formula is C22H29N3O2. The van der Waals surface area contributed by atoms with Gasteiger partial charge in [0.1, 0.15) is 11.6 Å². The van der Waals surface area contributed by atoms with Crippen molar-refractivity contribution in [1.29, 1.82) is 0 Å². The van der Waals surface area contributed by atoms with Crippen molar-refractivity contribution in [2.24, 2.45) is 5.92 Å². The molecule has 2 heterocycles.